The highest BCUT2D eigenvalue weighted by Gasteiger charge is 2.26. The van der Waals surface area contributed by atoms with Crippen molar-refractivity contribution >= 4 is 16.8 Å². The molecule has 1 fully saturated rings. The number of ether oxygens (including phenoxy) is 1. The van der Waals surface area contributed by atoms with Crippen LogP contribution in [0.3, 0.4) is 0 Å². The number of likely N-dealkylation sites (tertiary alicyclic amines) is 1. The van der Waals surface area contributed by atoms with Crippen molar-refractivity contribution in [3.63, 3.8) is 0 Å². The van der Waals surface area contributed by atoms with Crippen LogP contribution in [0.5, 0.6) is 0 Å². The average Bonchev–Trinajstić information content (AvgIpc) is 3.34. The van der Waals surface area contributed by atoms with Crippen LogP contribution in [0.25, 0.3) is 33.3 Å². The zero-order chi connectivity index (χ0) is 21.9. The predicted octanol–water partition coefficient (Wildman–Crippen LogP) is 4.75. The second-order valence-electron chi connectivity index (χ2n) is 8.15. The van der Waals surface area contributed by atoms with E-state index in [-0.39, 0.29) is 18.4 Å². The van der Waals surface area contributed by atoms with Crippen LogP contribution >= 0.6 is 0 Å². The van der Waals surface area contributed by atoms with E-state index in [4.69, 9.17) is 9.72 Å². The van der Waals surface area contributed by atoms with Crippen LogP contribution in [-0.4, -0.2) is 47.1 Å². The predicted molar refractivity (Wildman–Crippen MR) is 126 cm³/mol. The van der Waals surface area contributed by atoms with Gasteiger partial charge in [0.05, 0.1) is 35.6 Å². The van der Waals surface area contributed by atoms with Crippen molar-refractivity contribution in [2.45, 2.75) is 18.9 Å². The number of hydrogen-bond acceptors (Lipinski definition) is 4. The second-order valence-corrected chi connectivity index (χ2v) is 8.15. The van der Waals surface area contributed by atoms with E-state index in [1.54, 1.807) is 13.3 Å². The van der Waals surface area contributed by atoms with E-state index in [1.165, 1.54) is 0 Å². The van der Waals surface area contributed by atoms with Crippen molar-refractivity contribution < 1.29 is 9.53 Å². The fraction of sp³-hybridized carbons (Fsp3) is 0.222. The molecule has 1 aliphatic rings. The molecular formula is C27H25N3O2. The van der Waals surface area contributed by atoms with Gasteiger partial charge in [0.25, 0.3) is 0 Å². The molecular weight excluding hydrogens is 398 g/mol. The first kappa shape index (κ1) is 20.3. The summed E-state index contributed by atoms with van der Waals surface area (Å²) in [5.41, 5.74) is 5.75. The molecule has 1 aliphatic heterocycles. The van der Waals surface area contributed by atoms with E-state index in [2.05, 4.69) is 35.3 Å². The molecule has 5 heteroatoms. The van der Waals surface area contributed by atoms with Gasteiger partial charge in [-0.25, -0.2) is 4.98 Å². The van der Waals surface area contributed by atoms with Gasteiger partial charge < -0.3 is 9.64 Å². The van der Waals surface area contributed by atoms with Crippen LogP contribution < -0.4 is 0 Å². The van der Waals surface area contributed by atoms with Gasteiger partial charge in [-0.3, -0.25) is 9.78 Å². The van der Waals surface area contributed by atoms with Crippen molar-refractivity contribution in [2.24, 2.45) is 0 Å². The van der Waals surface area contributed by atoms with Gasteiger partial charge in [-0.15, -0.1) is 0 Å². The molecule has 1 saturated heterocycles. The molecule has 1 unspecified atom stereocenters. The SMILES string of the molecule is COC1CCN(C(=O)Cc2cc3cc(-c4ccccc4)c(-c4ccccc4)nc3cn2)C1. The van der Waals surface area contributed by atoms with E-state index in [1.807, 2.05) is 47.4 Å². The number of pyridine rings is 2. The minimum atomic E-state index is 0.0912. The Morgan fingerprint density at radius 2 is 1.75 bits per heavy atom. The van der Waals surface area contributed by atoms with Crippen molar-refractivity contribution in [3.05, 3.63) is 84.7 Å². The molecule has 1 amide bonds. The molecule has 5 rings (SSSR count). The lowest BCUT2D eigenvalue weighted by Gasteiger charge is -2.16. The van der Waals surface area contributed by atoms with Crippen molar-refractivity contribution in [3.8, 4) is 22.4 Å². The Labute approximate surface area is 187 Å². The first-order valence-corrected chi connectivity index (χ1v) is 10.9. The van der Waals surface area contributed by atoms with E-state index >= 15 is 0 Å². The highest BCUT2D eigenvalue weighted by molar-refractivity contribution is 5.92. The highest BCUT2D eigenvalue weighted by Crippen LogP contribution is 2.33. The number of nitrogens with zero attached hydrogens (tertiary/aromatic N) is 3. The smallest absolute Gasteiger partial charge is 0.228 e. The number of hydrogen-bond donors (Lipinski definition) is 0. The quantitative estimate of drug-likeness (QED) is 0.465. The number of rotatable bonds is 5. The first-order chi connectivity index (χ1) is 15.7. The van der Waals surface area contributed by atoms with Gasteiger partial charge in [0.15, 0.2) is 0 Å². The first-order valence-electron chi connectivity index (χ1n) is 10.9. The Balaban J connectivity index is 1.51. The third-order valence-corrected chi connectivity index (χ3v) is 6.05. The summed E-state index contributed by atoms with van der Waals surface area (Å²) in [6, 6.07) is 24.6. The van der Waals surface area contributed by atoms with Crippen LogP contribution in [0.15, 0.2) is 79.0 Å². The summed E-state index contributed by atoms with van der Waals surface area (Å²) < 4.78 is 5.38. The van der Waals surface area contributed by atoms with Crippen LogP contribution in [0.4, 0.5) is 0 Å². The summed E-state index contributed by atoms with van der Waals surface area (Å²) in [5, 5.41) is 0.984. The average molecular weight is 424 g/mol. The molecule has 0 bridgehead atoms. The highest BCUT2D eigenvalue weighted by atomic mass is 16.5. The molecule has 1 atom stereocenters. The third-order valence-electron chi connectivity index (χ3n) is 6.05. The van der Waals surface area contributed by atoms with Crippen LogP contribution in [0.1, 0.15) is 12.1 Å². The third kappa shape index (κ3) is 4.12. The van der Waals surface area contributed by atoms with Gasteiger partial charge >= 0.3 is 0 Å². The Morgan fingerprint density at radius 1 is 1.03 bits per heavy atom. The molecule has 32 heavy (non-hydrogen) atoms. The van der Waals surface area contributed by atoms with Crippen molar-refractivity contribution in [1.82, 2.24) is 14.9 Å². The second kappa shape index (κ2) is 8.89. The molecule has 2 aromatic carbocycles. The van der Waals surface area contributed by atoms with Crippen LogP contribution in [0.2, 0.25) is 0 Å². The number of carbonyl (C=O) groups is 1. The Hall–Kier alpha value is -3.57. The molecule has 0 aliphatic carbocycles. The minimum absolute atomic E-state index is 0.0912. The Morgan fingerprint density at radius 3 is 2.44 bits per heavy atom. The minimum Gasteiger partial charge on any atom is -0.380 e. The molecule has 0 N–H and O–H groups in total. The van der Waals surface area contributed by atoms with Gasteiger partial charge in [0, 0.05) is 36.7 Å². The molecule has 3 heterocycles. The fourth-order valence-electron chi connectivity index (χ4n) is 4.29. The normalized spacial score (nSPS) is 15.9. The van der Waals surface area contributed by atoms with E-state index in [0.29, 0.717) is 6.54 Å². The lowest BCUT2D eigenvalue weighted by molar-refractivity contribution is -0.129. The number of carbonyl (C=O) groups excluding carboxylic acids is 1. The lowest BCUT2D eigenvalue weighted by atomic mass is 9.97. The van der Waals surface area contributed by atoms with Gasteiger partial charge in [0.2, 0.25) is 5.91 Å². The van der Waals surface area contributed by atoms with Crippen LogP contribution in [-0.2, 0) is 16.0 Å². The Bertz CT molecular complexity index is 1240. The number of aromatic nitrogens is 2. The van der Waals surface area contributed by atoms with Gasteiger partial charge in [-0.05, 0) is 24.1 Å². The van der Waals surface area contributed by atoms with Gasteiger partial charge in [-0.2, -0.15) is 0 Å². The summed E-state index contributed by atoms with van der Waals surface area (Å²) in [7, 11) is 1.70. The van der Waals surface area contributed by atoms with E-state index in [9.17, 15) is 4.79 Å². The van der Waals surface area contributed by atoms with Crippen molar-refractivity contribution in [2.75, 3.05) is 20.2 Å². The Kier molecular flexibility index (Phi) is 5.65. The maximum atomic E-state index is 12.8. The van der Waals surface area contributed by atoms with E-state index < -0.39 is 0 Å². The maximum Gasteiger partial charge on any atom is 0.228 e. The molecule has 5 nitrogen and oxygen atoms in total. The van der Waals surface area contributed by atoms with Crippen LogP contribution in [0, 0.1) is 0 Å². The molecule has 4 aromatic rings. The summed E-state index contributed by atoms with van der Waals surface area (Å²) in [6.07, 6.45) is 3.09. The van der Waals surface area contributed by atoms with Gasteiger partial charge in [-0.1, -0.05) is 60.7 Å². The lowest BCUT2D eigenvalue weighted by Crippen LogP contribution is -2.31. The van der Waals surface area contributed by atoms with Gasteiger partial charge in [0.1, 0.15) is 0 Å². The molecule has 2 aromatic heterocycles. The number of fused-ring (bicyclic) bond motifs is 1. The number of benzene rings is 2. The summed E-state index contributed by atoms with van der Waals surface area (Å²) >= 11 is 0. The van der Waals surface area contributed by atoms with E-state index in [0.717, 1.165) is 51.9 Å². The monoisotopic (exact) mass is 423 g/mol. The maximum absolute atomic E-state index is 12.8. The molecule has 0 radical (unpaired) electrons. The number of amides is 1. The zero-order valence-electron chi connectivity index (χ0n) is 18.1. The molecule has 0 saturated carbocycles. The summed E-state index contributed by atoms with van der Waals surface area (Å²) in [6.45, 7) is 1.40. The zero-order valence-corrected chi connectivity index (χ0v) is 18.1. The fourth-order valence-corrected chi connectivity index (χ4v) is 4.29. The molecule has 160 valence electrons. The topological polar surface area (TPSA) is 55.3 Å². The summed E-state index contributed by atoms with van der Waals surface area (Å²) in [4.78, 5) is 24.1. The summed E-state index contributed by atoms with van der Waals surface area (Å²) in [5.74, 6) is 0.0912. The molecule has 0 spiro atoms. The van der Waals surface area contributed by atoms with Crippen molar-refractivity contribution in [1.29, 1.82) is 0 Å². The standard InChI is InChI=1S/C27H25N3O2/c1-32-23-12-13-30(18-23)26(31)16-22-14-21-15-24(19-8-4-2-5-9-19)27(29-25(21)17-28-22)20-10-6-3-7-11-20/h2-11,14-15,17,23H,12-13,16,18H2,1H3. The number of methoxy groups -OCH3 is 1. The largest absolute Gasteiger partial charge is 0.380 e.